The molecular formula is C35H38N8O4. The van der Waals surface area contributed by atoms with Gasteiger partial charge in [-0.1, -0.05) is 47.7 Å². The normalized spacial score (nSPS) is 16.8. The van der Waals surface area contributed by atoms with Gasteiger partial charge >= 0.3 is 11.8 Å². The highest BCUT2D eigenvalue weighted by Crippen LogP contribution is 2.29. The summed E-state index contributed by atoms with van der Waals surface area (Å²) in [5.74, 6) is 0.0917. The summed E-state index contributed by atoms with van der Waals surface area (Å²) in [5, 5.41) is 11.0. The number of carbonyl (C=O) groups is 2. The first-order valence-electron chi connectivity index (χ1n) is 16.2. The minimum Gasteiger partial charge on any atom is -0.436 e. The van der Waals surface area contributed by atoms with E-state index in [9.17, 15) is 14.4 Å². The number of ether oxygens (including phenoxy) is 1. The van der Waals surface area contributed by atoms with Gasteiger partial charge < -0.3 is 19.5 Å². The second kappa shape index (κ2) is 13.2. The van der Waals surface area contributed by atoms with Crippen molar-refractivity contribution in [1.29, 1.82) is 0 Å². The second-order valence-electron chi connectivity index (χ2n) is 12.5. The van der Waals surface area contributed by atoms with Crippen LogP contribution in [0.4, 0.5) is 4.79 Å². The molecule has 0 spiro atoms. The van der Waals surface area contributed by atoms with Gasteiger partial charge in [-0.3, -0.25) is 19.4 Å². The lowest BCUT2D eigenvalue weighted by Crippen LogP contribution is -2.48. The Morgan fingerprint density at radius 3 is 2.45 bits per heavy atom. The second-order valence-corrected chi connectivity index (χ2v) is 12.5. The molecule has 1 atom stereocenters. The number of pyridine rings is 1. The van der Waals surface area contributed by atoms with Gasteiger partial charge in [0.2, 0.25) is 0 Å². The fraction of sp³-hybridized carbons (Fsp3) is 0.371. The molecule has 242 valence electrons. The Kier molecular flexibility index (Phi) is 8.56. The number of carbonyl (C=O) groups excluding carboxylic acids is 2. The Bertz CT molecular complexity index is 1900. The number of nitrogens with one attached hydrogen (secondary N) is 2. The van der Waals surface area contributed by atoms with Crippen LogP contribution in [-0.4, -0.2) is 84.0 Å². The molecule has 0 bridgehead atoms. The van der Waals surface area contributed by atoms with Crippen LogP contribution in [0.5, 0.6) is 0 Å². The number of imidazole rings is 1. The predicted octanol–water partition coefficient (Wildman–Crippen LogP) is 4.61. The minimum absolute atomic E-state index is 0.0461. The number of aromatic nitrogens is 6. The topological polar surface area (TPSA) is 142 Å². The molecule has 7 rings (SSSR count). The summed E-state index contributed by atoms with van der Waals surface area (Å²) in [7, 11) is 0. The van der Waals surface area contributed by atoms with Crippen LogP contribution in [0.2, 0.25) is 0 Å². The van der Waals surface area contributed by atoms with Crippen LogP contribution in [0.15, 0.2) is 77.9 Å². The van der Waals surface area contributed by atoms with Crippen molar-refractivity contribution in [1.82, 2.24) is 39.7 Å². The average molecular weight is 635 g/mol. The van der Waals surface area contributed by atoms with Crippen LogP contribution in [0, 0.1) is 6.92 Å². The number of amides is 2. The molecule has 2 N–H and O–H groups in total. The van der Waals surface area contributed by atoms with Crippen LogP contribution < -0.4 is 5.69 Å². The Morgan fingerprint density at radius 2 is 1.70 bits per heavy atom. The van der Waals surface area contributed by atoms with Crippen LogP contribution in [0.1, 0.15) is 54.5 Å². The van der Waals surface area contributed by atoms with Crippen LogP contribution in [0.3, 0.4) is 0 Å². The van der Waals surface area contributed by atoms with Crippen molar-refractivity contribution in [2.75, 3.05) is 26.2 Å². The van der Waals surface area contributed by atoms with Crippen molar-refractivity contribution in [3.8, 4) is 11.3 Å². The summed E-state index contributed by atoms with van der Waals surface area (Å²) in [5.41, 5.74) is 5.92. The summed E-state index contributed by atoms with van der Waals surface area (Å²) >= 11 is 0. The molecule has 2 aliphatic heterocycles. The van der Waals surface area contributed by atoms with E-state index < -0.39 is 12.2 Å². The molecule has 47 heavy (non-hydrogen) atoms. The SMILES string of the molecule is Cc1cc(CC(OC(=O)N2CCC(n3cc(-c4ccccc4)[nH]c3=O)CC2)C(=O)N2CCC(c3ccccn3)CC2)cc2nn[nH]c12. The zero-order valence-electron chi connectivity index (χ0n) is 26.3. The lowest BCUT2D eigenvalue weighted by molar-refractivity contribution is -0.142. The van der Waals surface area contributed by atoms with E-state index >= 15 is 0 Å². The Hall–Kier alpha value is -5.26. The molecule has 5 heterocycles. The smallest absolute Gasteiger partial charge is 0.410 e. The lowest BCUT2D eigenvalue weighted by Gasteiger charge is -2.35. The molecule has 2 saturated heterocycles. The molecule has 2 aromatic carbocycles. The first-order valence-corrected chi connectivity index (χ1v) is 16.2. The van der Waals surface area contributed by atoms with Gasteiger partial charge in [-0.25, -0.2) is 9.59 Å². The van der Waals surface area contributed by atoms with Crippen LogP contribution in [-0.2, 0) is 16.0 Å². The lowest BCUT2D eigenvalue weighted by atomic mass is 9.92. The predicted molar refractivity (Wildman–Crippen MR) is 176 cm³/mol. The summed E-state index contributed by atoms with van der Waals surface area (Å²) in [6.07, 6.45) is 5.17. The van der Waals surface area contributed by atoms with Gasteiger partial charge in [-0.05, 0) is 67.5 Å². The molecule has 12 heteroatoms. The average Bonchev–Trinajstić information content (AvgIpc) is 3.76. The molecule has 2 fully saturated rings. The van der Waals surface area contributed by atoms with Crippen LogP contribution >= 0.6 is 0 Å². The van der Waals surface area contributed by atoms with E-state index in [1.807, 2.05) is 78.7 Å². The molecule has 3 aromatic heterocycles. The zero-order valence-corrected chi connectivity index (χ0v) is 26.3. The molecule has 0 radical (unpaired) electrons. The number of hydrogen-bond donors (Lipinski definition) is 2. The number of likely N-dealkylation sites (tertiary alicyclic amines) is 2. The van der Waals surface area contributed by atoms with E-state index in [-0.39, 0.29) is 30.0 Å². The maximum Gasteiger partial charge on any atom is 0.410 e. The van der Waals surface area contributed by atoms with Crippen molar-refractivity contribution in [3.05, 3.63) is 100 Å². The van der Waals surface area contributed by atoms with E-state index in [1.165, 1.54) is 0 Å². The third kappa shape index (κ3) is 6.53. The number of rotatable bonds is 7. The van der Waals surface area contributed by atoms with Crippen molar-refractivity contribution in [3.63, 3.8) is 0 Å². The van der Waals surface area contributed by atoms with E-state index in [0.29, 0.717) is 44.5 Å². The monoisotopic (exact) mass is 634 g/mol. The van der Waals surface area contributed by atoms with Crippen molar-refractivity contribution in [2.45, 2.75) is 57.1 Å². The highest BCUT2D eigenvalue weighted by Gasteiger charge is 2.34. The van der Waals surface area contributed by atoms with Gasteiger partial charge in [-0.15, -0.1) is 5.10 Å². The Labute approximate surface area is 271 Å². The number of hydrogen-bond acceptors (Lipinski definition) is 7. The summed E-state index contributed by atoms with van der Waals surface area (Å²) in [4.78, 5) is 51.3. The molecule has 12 nitrogen and oxygen atoms in total. The Morgan fingerprint density at radius 1 is 0.957 bits per heavy atom. The summed E-state index contributed by atoms with van der Waals surface area (Å²) in [6, 6.07) is 19.5. The molecule has 5 aromatic rings. The molecular weight excluding hydrogens is 596 g/mol. The Balaban J connectivity index is 1.03. The van der Waals surface area contributed by atoms with Gasteiger partial charge in [-0.2, -0.15) is 0 Å². The third-order valence-corrected chi connectivity index (χ3v) is 9.49. The fourth-order valence-electron chi connectivity index (χ4n) is 6.89. The standard InChI is InChI=1S/C35H38N8O4/c1-23-19-24(20-29-32(23)39-40-38-29)21-31(33(44)41-15-10-26(11-16-41)28-9-5-6-14-36-28)47-35(46)42-17-12-27(13-18-42)43-22-30(37-34(43)45)25-7-3-2-4-8-25/h2-9,14,19-20,22,26-27,31H,10-13,15-18,21H2,1H3,(H,37,45)(H,38,39,40). The highest BCUT2D eigenvalue weighted by molar-refractivity contribution is 5.84. The van der Waals surface area contributed by atoms with E-state index in [4.69, 9.17) is 4.74 Å². The molecule has 2 aliphatic rings. The number of fused-ring (bicyclic) bond motifs is 1. The quantitative estimate of drug-likeness (QED) is 0.266. The third-order valence-electron chi connectivity index (χ3n) is 9.49. The summed E-state index contributed by atoms with van der Waals surface area (Å²) in [6.45, 7) is 3.93. The number of aromatic amines is 2. The summed E-state index contributed by atoms with van der Waals surface area (Å²) < 4.78 is 7.78. The first kappa shape index (κ1) is 30.4. The van der Waals surface area contributed by atoms with Gasteiger partial charge in [0.15, 0.2) is 6.10 Å². The molecule has 2 amide bonds. The van der Waals surface area contributed by atoms with Gasteiger partial charge in [0.25, 0.3) is 5.91 Å². The van der Waals surface area contributed by atoms with Gasteiger partial charge in [0.05, 0.1) is 11.2 Å². The van der Waals surface area contributed by atoms with Crippen molar-refractivity contribution < 1.29 is 14.3 Å². The maximum atomic E-state index is 14.0. The fourth-order valence-corrected chi connectivity index (χ4v) is 6.89. The number of nitrogens with zero attached hydrogens (tertiary/aromatic N) is 6. The van der Waals surface area contributed by atoms with Crippen molar-refractivity contribution >= 4 is 23.0 Å². The van der Waals surface area contributed by atoms with Crippen LogP contribution in [0.25, 0.3) is 22.3 Å². The number of aryl methyl sites for hydroxylation is 1. The molecule has 0 aliphatic carbocycles. The molecule has 0 saturated carbocycles. The van der Waals surface area contributed by atoms with E-state index in [0.717, 1.165) is 46.4 Å². The zero-order chi connectivity index (χ0) is 32.3. The van der Waals surface area contributed by atoms with E-state index in [2.05, 4.69) is 25.4 Å². The van der Waals surface area contributed by atoms with Gasteiger partial charge in [0.1, 0.15) is 5.52 Å². The van der Waals surface area contributed by atoms with Gasteiger partial charge in [0, 0.05) is 62.6 Å². The number of piperidine rings is 2. The molecule has 1 unspecified atom stereocenters. The van der Waals surface area contributed by atoms with Crippen molar-refractivity contribution in [2.24, 2.45) is 0 Å². The maximum absolute atomic E-state index is 14.0. The number of H-pyrrole nitrogens is 2. The minimum atomic E-state index is -0.990. The first-order chi connectivity index (χ1) is 22.9. The largest absolute Gasteiger partial charge is 0.436 e. The van der Waals surface area contributed by atoms with E-state index in [1.54, 1.807) is 15.7 Å². The highest BCUT2D eigenvalue weighted by atomic mass is 16.6. The number of benzene rings is 2.